The maximum absolute atomic E-state index is 13.3. The van der Waals surface area contributed by atoms with Gasteiger partial charge in [0.2, 0.25) is 11.8 Å². The molecule has 0 spiro atoms. The summed E-state index contributed by atoms with van der Waals surface area (Å²) in [6.45, 7) is 6.40. The van der Waals surface area contributed by atoms with Crippen LogP contribution in [0.3, 0.4) is 0 Å². The highest BCUT2D eigenvalue weighted by molar-refractivity contribution is 6.07. The lowest BCUT2D eigenvalue weighted by molar-refractivity contribution is -0.139. The molecule has 0 fully saturated rings. The van der Waals surface area contributed by atoms with E-state index in [1.54, 1.807) is 52.9 Å². The summed E-state index contributed by atoms with van der Waals surface area (Å²) in [5.41, 5.74) is 2.76. The molecule has 0 aliphatic heterocycles. The van der Waals surface area contributed by atoms with Crippen molar-refractivity contribution in [3.8, 4) is 11.4 Å². The highest BCUT2D eigenvalue weighted by Crippen LogP contribution is 2.26. The Morgan fingerprint density at radius 1 is 0.652 bits per heavy atom. The third-order valence-corrected chi connectivity index (χ3v) is 10.3. The van der Waals surface area contributed by atoms with Crippen molar-refractivity contribution < 1.29 is 51.4 Å². The van der Waals surface area contributed by atoms with Crippen molar-refractivity contribution in [3.63, 3.8) is 0 Å². The second kappa shape index (κ2) is 22.2. The number of carbonyl (C=O) groups is 5. The zero-order chi connectivity index (χ0) is 47.9. The number of carboxylic acids is 1. The van der Waals surface area contributed by atoms with Gasteiger partial charge in [0.25, 0.3) is 17.7 Å². The molecule has 0 bridgehead atoms. The third-order valence-electron chi connectivity index (χ3n) is 10.3. The number of aromatic nitrogens is 8. The molecule has 22 heteroatoms. The molecule has 0 saturated carbocycles. The predicted octanol–water partition coefficient (Wildman–Crippen LogP) is 7.35. The van der Waals surface area contributed by atoms with Gasteiger partial charge >= 0.3 is 11.9 Å². The second-order valence-electron chi connectivity index (χ2n) is 14.7. The number of pyridine rings is 2. The standard InChI is InChI=1S/C24H23FN6O5.C21H18FN5O4.2CH4/c1-4-18(24-30-21(13(2)36-24)23(34)27-12-20(32)35-3)29-22(33)17-9-26-11-19-16(17)10-28-31(19)15-7-5-14(25)6-8-15;1-3-16(20-26-18(21(29)30)11(2)31-20)25-19(28)15-8-23-10-17-14(15)9-24-27(17)13-6-4-12(22)5-7-13;;/h5-11,18H,4,12H2,1-3H3,(H,27,34)(H,29,33);4-10,16H,3H2,1-2H3,(H,25,28)(H,29,30);2*1H4. The summed E-state index contributed by atoms with van der Waals surface area (Å²) in [7, 11) is 1.21. The highest BCUT2D eigenvalue weighted by atomic mass is 19.1. The van der Waals surface area contributed by atoms with Crippen LogP contribution in [0.25, 0.3) is 33.2 Å². The Morgan fingerprint density at radius 3 is 1.46 bits per heavy atom. The summed E-state index contributed by atoms with van der Waals surface area (Å²) < 4.78 is 45.3. The van der Waals surface area contributed by atoms with Crippen molar-refractivity contribution in [1.29, 1.82) is 0 Å². The molecule has 360 valence electrons. The van der Waals surface area contributed by atoms with Crippen LogP contribution >= 0.6 is 0 Å². The number of hydrogen-bond acceptors (Lipinski definition) is 14. The summed E-state index contributed by atoms with van der Waals surface area (Å²) >= 11 is 0. The Hall–Kier alpha value is -8.69. The maximum Gasteiger partial charge on any atom is 0.358 e. The van der Waals surface area contributed by atoms with E-state index in [1.165, 1.54) is 63.1 Å². The second-order valence-corrected chi connectivity index (χ2v) is 14.7. The Morgan fingerprint density at radius 2 is 1.07 bits per heavy atom. The number of oxazole rings is 2. The summed E-state index contributed by atoms with van der Waals surface area (Å²) in [5.74, 6) is -3.34. The van der Waals surface area contributed by atoms with Gasteiger partial charge in [-0.25, -0.2) is 32.9 Å². The number of amides is 3. The average Bonchev–Trinajstić information content (AvgIpc) is 4.14. The van der Waals surface area contributed by atoms with Gasteiger partial charge in [0.05, 0.1) is 65.4 Å². The number of aryl methyl sites for hydroxylation is 2. The first kappa shape index (κ1) is 51.3. The van der Waals surface area contributed by atoms with Gasteiger partial charge in [0.15, 0.2) is 11.4 Å². The van der Waals surface area contributed by atoms with Crippen molar-refractivity contribution in [2.45, 2.75) is 67.5 Å². The number of halogens is 2. The van der Waals surface area contributed by atoms with Crippen LogP contribution in [0.15, 0.2) is 94.5 Å². The lowest BCUT2D eigenvalue weighted by Crippen LogP contribution is -2.31. The van der Waals surface area contributed by atoms with Gasteiger partial charge in [0.1, 0.15) is 41.8 Å². The van der Waals surface area contributed by atoms with E-state index in [9.17, 15) is 37.9 Å². The van der Waals surface area contributed by atoms with Gasteiger partial charge in [-0.15, -0.1) is 0 Å². The first-order chi connectivity index (χ1) is 32.2. The van der Waals surface area contributed by atoms with Crippen molar-refractivity contribution in [2.24, 2.45) is 0 Å². The van der Waals surface area contributed by atoms with Crippen LogP contribution in [0.5, 0.6) is 0 Å². The minimum Gasteiger partial charge on any atom is -0.476 e. The number of esters is 1. The number of methoxy groups -OCH3 is 1. The number of nitrogens with zero attached hydrogens (tertiary/aromatic N) is 8. The van der Waals surface area contributed by atoms with Crippen molar-refractivity contribution in [1.82, 2.24) is 55.4 Å². The molecule has 20 nitrogen and oxygen atoms in total. The summed E-state index contributed by atoms with van der Waals surface area (Å²) in [6, 6.07) is 10.3. The van der Waals surface area contributed by atoms with Crippen LogP contribution in [-0.4, -0.2) is 87.9 Å². The molecule has 2 unspecified atom stereocenters. The number of rotatable bonds is 14. The highest BCUT2D eigenvalue weighted by Gasteiger charge is 2.27. The van der Waals surface area contributed by atoms with E-state index in [1.807, 2.05) is 13.8 Å². The molecule has 6 heterocycles. The minimum absolute atomic E-state index is 0. The van der Waals surface area contributed by atoms with Crippen molar-refractivity contribution in [3.05, 3.63) is 143 Å². The molecular weight excluding hydrogens is 901 g/mol. The number of nitrogens with one attached hydrogen (secondary N) is 3. The van der Waals surface area contributed by atoms with E-state index in [2.05, 4.69) is 50.8 Å². The van der Waals surface area contributed by atoms with Gasteiger partial charge in [0, 0.05) is 23.2 Å². The average molecular weight is 950 g/mol. The molecule has 3 amide bonds. The van der Waals surface area contributed by atoms with E-state index in [-0.39, 0.29) is 78.8 Å². The molecule has 8 rings (SSSR count). The molecule has 0 saturated heterocycles. The van der Waals surface area contributed by atoms with E-state index in [0.717, 1.165) is 0 Å². The number of hydrogen-bond donors (Lipinski definition) is 4. The molecule has 0 radical (unpaired) electrons. The molecule has 0 aliphatic rings. The van der Waals surface area contributed by atoms with Crippen molar-refractivity contribution >= 4 is 51.5 Å². The Bertz CT molecular complexity index is 3130. The smallest absolute Gasteiger partial charge is 0.358 e. The van der Waals surface area contributed by atoms with Crippen LogP contribution in [0.1, 0.15) is 119 Å². The van der Waals surface area contributed by atoms with Crippen molar-refractivity contribution in [2.75, 3.05) is 13.7 Å². The van der Waals surface area contributed by atoms with E-state index in [4.69, 9.17) is 8.83 Å². The van der Waals surface area contributed by atoms with Crippen LogP contribution in [0.2, 0.25) is 0 Å². The Labute approximate surface area is 393 Å². The zero-order valence-corrected chi connectivity index (χ0v) is 36.4. The summed E-state index contributed by atoms with van der Waals surface area (Å²) in [4.78, 5) is 77.6. The van der Waals surface area contributed by atoms with E-state index >= 15 is 0 Å². The molecule has 2 aromatic carbocycles. The zero-order valence-electron chi connectivity index (χ0n) is 36.4. The van der Waals surface area contributed by atoms with Crippen LogP contribution in [0, 0.1) is 25.5 Å². The van der Waals surface area contributed by atoms with Gasteiger partial charge in [-0.1, -0.05) is 28.7 Å². The summed E-state index contributed by atoms with van der Waals surface area (Å²) in [6.07, 6.45) is 9.91. The number of fused-ring (bicyclic) bond motifs is 2. The van der Waals surface area contributed by atoms with E-state index in [0.29, 0.717) is 46.0 Å². The lowest BCUT2D eigenvalue weighted by atomic mass is 10.1. The monoisotopic (exact) mass is 949 g/mol. The Kier molecular flexibility index (Phi) is 16.5. The molecule has 2 atom stereocenters. The van der Waals surface area contributed by atoms with Gasteiger partial charge in [-0.3, -0.25) is 29.1 Å². The molecular formula is C47H49F2N11O9. The quantitative estimate of drug-likeness (QED) is 0.0777. The number of carbonyl (C=O) groups excluding carboxylic acids is 4. The van der Waals surface area contributed by atoms with Crippen LogP contribution < -0.4 is 16.0 Å². The molecule has 69 heavy (non-hydrogen) atoms. The minimum atomic E-state index is -1.20. The van der Waals surface area contributed by atoms with Crippen LogP contribution in [0.4, 0.5) is 8.78 Å². The SMILES string of the molecule is C.C.CCC(NC(=O)c1cncc2c1cnn2-c1ccc(F)cc1)c1nc(C(=O)NCC(=O)OC)c(C)o1.CCC(NC(=O)c1cncc2c1cnn2-c1ccc(F)cc1)c1nc(C(=O)O)c(C)o1. The largest absolute Gasteiger partial charge is 0.476 e. The lowest BCUT2D eigenvalue weighted by Gasteiger charge is -2.14. The number of aromatic carboxylic acids is 1. The van der Waals surface area contributed by atoms with Gasteiger partial charge in [-0.2, -0.15) is 10.2 Å². The number of carboxylic acid groups (broad SMARTS) is 1. The normalized spacial score (nSPS) is 11.6. The first-order valence-electron chi connectivity index (χ1n) is 20.5. The maximum atomic E-state index is 13.3. The fraction of sp³-hybridized carbons (Fsp3) is 0.255. The molecule has 6 aromatic heterocycles. The number of benzene rings is 2. The first-order valence-corrected chi connectivity index (χ1v) is 20.5. The van der Waals surface area contributed by atoms with E-state index < -0.39 is 41.7 Å². The topological polar surface area (TPSA) is 264 Å². The molecule has 4 N–H and O–H groups in total. The number of ether oxygens (including phenoxy) is 1. The van der Waals surface area contributed by atoms with Crippen LogP contribution in [-0.2, 0) is 9.53 Å². The third kappa shape index (κ3) is 11.1. The molecule has 0 aliphatic carbocycles. The van der Waals surface area contributed by atoms with Gasteiger partial charge in [-0.05, 0) is 75.2 Å². The fourth-order valence-electron chi connectivity index (χ4n) is 6.82. The predicted molar refractivity (Wildman–Crippen MR) is 246 cm³/mol. The fourth-order valence-corrected chi connectivity index (χ4v) is 6.82. The summed E-state index contributed by atoms with van der Waals surface area (Å²) in [5, 5.41) is 27.0. The van der Waals surface area contributed by atoms with Gasteiger partial charge < -0.3 is 34.6 Å². The Balaban J connectivity index is 0.000000253. The molecule has 8 aromatic rings.